The first-order chi connectivity index (χ1) is 7.79. The Kier molecular flexibility index (Phi) is 4.98. The highest BCUT2D eigenvalue weighted by Crippen LogP contribution is 2.36. The van der Waals surface area contributed by atoms with Crippen LogP contribution in [0.15, 0.2) is 0 Å². The highest BCUT2D eigenvalue weighted by Gasteiger charge is 2.30. The quantitative estimate of drug-likeness (QED) is 0.823. The van der Waals surface area contributed by atoms with E-state index in [1.165, 1.54) is 32.1 Å². The van der Waals surface area contributed by atoms with E-state index < -0.39 is 0 Å². The fourth-order valence-electron chi connectivity index (χ4n) is 2.87. The average Bonchev–Trinajstić information content (AvgIpc) is 2.31. The molecule has 2 nitrogen and oxygen atoms in total. The van der Waals surface area contributed by atoms with E-state index in [-0.39, 0.29) is 0 Å². The highest BCUT2D eigenvalue weighted by atomic mass is 32.2. The van der Waals surface area contributed by atoms with E-state index in [2.05, 4.69) is 31.1 Å². The number of rotatable bonds is 3. The SMILES string of the molecule is CNC1CCC(C)CC1SC1CCOCC1. The van der Waals surface area contributed by atoms with Gasteiger partial charge in [-0.2, -0.15) is 11.8 Å². The standard InChI is InChI=1S/C13H25NOS/c1-10-3-4-12(14-2)13(9-10)16-11-5-7-15-8-6-11/h10-14H,3-9H2,1-2H3. The largest absolute Gasteiger partial charge is 0.381 e. The number of hydrogen-bond donors (Lipinski definition) is 1. The molecule has 0 aromatic carbocycles. The van der Waals surface area contributed by atoms with Crippen molar-refractivity contribution in [2.75, 3.05) is 20.3 Å². The van der Waals surface area contributed by atoms with Crippen molar-refractivity contribution >= 4 is 11.8 Å². The molecule has 16 heavy (non-hydrogen) atoms. The van der Waals surface area contributed by atoms with Gasteiger partial charge in [-0.25, -0.2) is 0 Å². The summed E-state index contributed by atoms with van der Waals surface area (Å²) < 4.78 is 5.43. The van der Waals surface area contributed by atoms with Crippen molar-refractivity contribution < 1.29 is 4.74 Å². The third-order valence-corrected chi connectivity index (χ3v) is 5.69. The van der Waals surface area contributed by atoms with Gasteiger partial charge in [-0.15, -0.1) is 0 Å². The normalized spacial score (nSPS) is 37.5. The summed E-state index contributed by atoms with van der Waals surface area (Å²) in [6, 6.07) is 0.740. The minimum Gasteiger partial charge on any atom is -0.381 e. The maximum atomic E-state index is 5.43. The van der Waals surface area contributed by atoms with Crippen LogP contribution >= 0.6 is 11.8 Å². The number of thioether (sulfide) groups is 1. The number of hydrogen-bond acceptors (Lipinski definition) is 3. The van der Waals surface area contributed by atoms with Crippen LogP contribution in [0.5, 0.6) is 0 Å². The highest BCUT2D eigenvalue weighted by molar-refractivity contribution is 8.00. The lowest BCUT2D eigenvalue weighted by Gasteiger charge is -2.37. The zero-order valence-corrected chi connectivity index (χ0v) is 11.4. The van der Waals surface area contributed by atoms with E-state index >= 15 is 0 Å². The van der Waals surface area contributed by atoms with Gasteiger partial charge in [-0.05, 0) is 45.1 Å². The molecule has 1 saturated carbocycles. The fraction of sp³-hybridized carbons (Fsp3) is 1.00. The molecule has 3 heteroatoms. The molecule has 1 heterocycles. The predicted octanol–water partition coefficient (Wildman–Crippen LogP) is 2.68. The average molecular weight is 243 g/mol. The molecular weight excluding hydrogens is 218 g/mol. The molecule has 3 atom stereocenters. The van der Waals surface area contributed by atoms with Crippen molar-refractivity contribution in [3.8, 4) is 0 Å². The summed E-state index contributed by atoms with van der Waals surface area (Å²) >= 11 is 2.24. The Labute approximate surface area is 104 Å². The Morgan fingerprint density at radius 3 is 2.56 bits per heavy atom. The molecule has 3 unspecified atom stereocenters. The minimum absolute atomic E-state index is 0.740. The van der Waals surface area contributed by atoms with Crippen molar-refractivity contribution in [1.82, 2.24) is 5.32 Å². The lowest BCUT2D eigenvalue weighted by Crippen LogP contribution is -2.41. The third kappa shape index (κ3) is 3.38. The third-order valence-electron chi connectivity index (χ3n) is 3.96. The van der Waals surface area contributed by atoms with E-state index in [1.807, 2.05) is 0 Å². The molecule has 1 N–H and O–H groups in total. The van der Waals surface area contributed by atoms with Gasteiger partial charge in [-0.1, -0.05) is 6.92 Å². The Balaban J connectivity index is 1.84. The van der Waals surface area contributed by atoms with Gasteiger partial charge < -0.3 is 10.1 Å². The van der Waals surface area contributed by atoms with E-state index in [1.54, 1.807) is 0 Å². The molecule has 0 amide bonds. The topological polar surface area (TPSA) is 21.3 Å². The molecule has 2 fully saturated rings. The zero-order chi connectivity index (χ0) is 11.4. The molecule has 0 radical (unpaired) electrons. The van der Waals surface area contributed by atoms with Gasteiger partial charge in [-0.3, -0.25) is 0 Å². The minimum atomic E-state index is 0.740. The van der Waals surface area contributed by atoms with Crippen molar-refractivity contribution in [2.24, 2.45) is 5.92 Å². The Hall–Kier alpha value is 0.270. The second-order valence-corrected chi connectivity index (χ2v) is 6.84. The molecule has 0 aromatic heterocycles. The van der Waals surface area contributed by atoms with Crippen LogP contribution in [0.2, 0.25) is 0 Å². The molecule has 1 saturated heterocycles. The maximum Gasteiger partial charge on any atom is 0.0476 e. The number of nitrogens with one attached hydrogen (secondary N) is 1. The molecule has 0 bridgehead atoms. The predicted molar refractivity (Wildman–Crippen MR) is 71.1 cm³/mol. The molecule has 1 aliphatic carbocycles. The molecular formula is C13H25NOS. The van der Waals surface area contributed by atoms with Gasteiger partial charge in [0.2, 0.25) is 0 Å². The first-order valence-corrected chi connectivity index (χ1v) is 7.64. The monoisotopic (exact) mass is 243 g/mol. The van der Waals surface area contributed by atoms with Gasteiger partial charge in [0.25, 0.3) is 0 Å². The lowest BCUT2D eigenvalue weighted by molar-refractivity contribution is 0.0998. The second-order valence-electron chi connectivity index (χ2n) is 5.30. The first-order valence-electron chi connectivity index (χ1n) is 6.70. The molecule has 0 aromatic rings. The molecule has 1 aliphatic heterocycles. The fourth-order valence-corrected chi connectivity index (χ4v) is 4.73. The van der Waals surface area contributed by atoms with Gasteiger partial charge in [0, 0.05) is 29.8 Å². The van der Waals surface area contributed by atoms with Crippen LogP contribution < -0.4 is 5.32 Å². The summed E-state index contributed by atoms with van der Waals surface area (Å²) in [6.07, 6.45) is 6.67. The van der Waals surface area contributed by atoms with Crippen LogP contribution in [0.25, 0.3) is 0 Å². The van der Waals surface area contributed by atoms with Gasteiger partial charge in [0.15, 0.2) is 0 Å². The maximum absolute atomic E-state index is 5.43. The van der Waals surface area contributed by atoms with Gasteiger partial charge in [0.1, 0.15) is 0 Å². The van der Waals surface area contributed by atoms with Crippen LogP contribution in [0.4, 0.5) is 0 Å². The van der Waals surface area contributed by atoms with Crippen molar-refractivity contribution in [1.29, 1.82) is 0 Å². The Bertz CT molecular complexity index is 206. The van der Waals surface area contributed by atoms with Gasteiger partial charge in [0.05, 0.1) is 0 Å². The van der Waals surface area contributed by atoms with Crippen LogP contribution in [-0.2, 0) is 4.74 Å². The van der Waals surface area contributed by atoms with Crippen LogP contribution in [0, 0.1) is 5.92 Å². The summed E-state index contributed by atoms with van der Waals surface area (Å²) in [6.45, 7) is 4.36. The van der Waals surface area contributed by atoms with Crippen molar-refractivity contribution in [3.05, 3.63) is 0 Å². The van der Waals surface area contributed by atoms with Crippen LogP contribution in [0.3, 0.4) is 0 Å². The van der Waals surface area contributed by atoms with E-state index in [9.17, 15) is 0 Å². The van der Waals surface area contributed by atoms with E-state index in [0.717, 1.165) is 35.7 Å². The summed E-state index contributed by atoms with van der Waals surface area (Å²) in [4.78, 5) is 0. The van der Waals surface area contributed by atoms with E-state index in [0.29, 0.717) is 0 Å². The molecule has 0 spiro atoms. The molecule has 2 aliphatic rings. The summed E-state index contributed by atoms with van der Waals surface area (Å²) in [5.74, 6) is 0.918. The summed E-state index contributed by atoms with van der Waals surface area (Å²) in [7, 11) is 2.12. The summed E-state index contributed by atoms with van der Waals surface area (Å²) in [5.41, 5.74) is 0. The zero-order valence-electron chi connectivity index (χ0n) is 10.6. The van der Waals surface area contributed by atoms with Crippen LogP contribution in [-0.4, -0.2) is 36.8 Å². The summed E-state index contributed by atoms with van der Waals surface area (Å²) in [5, 5.41) is 5.19. The second kappa shape index (κ2) is 6.27. The van der Waals surface area contributed by atoms with Crippen molar-refractivity contribution in [3.63, 3.8) is 0 Å². The molecule has 94 valence electrons. The molecule has 2 rings (SSSR count). The first kappa shape index (κ1) is 12.7. The lowest BCUT2D eigenvalue weighted by atomic mass is 9.87. The van der Waals surface area contributed by atoms with E-state index in [4.69, 9.17) is 4.74 Å². The Morgan fingerprint density at radius 2 is 1.88 bits per heavy atom. The smallest absolute Gasteiger partial charge is 0.0476 e. The van der Waals surface area contributed by atoms with Gasteiger partial charge >= 0.3 is 0 Å². The number of ether oxygens (including phenoxy) is 1. The van der Waals surface area contributed by atoms with Crippen molar-refractivity contribution in [2.45, 2.75) is 55.6 Å². The van der Waals surface area contributed by atoms with Crippen LogP contribution in [0.1, 0.15) is 39.0 Å². The Morgan fingerprint density at radius 1 is 1.12 bits per heavy atom.